The monoisotopic (exact) mass is 1160 g/mol. The van der Waals surface area contributed by atoms with Gasteiger partial charge in [-0.2, -0.15) is 0 Å². The number of hydrogen-bond acceptors (Lipinski definition) is 33. The second-order valence-electron chi connectivity index (χ2n) is 19.7. The lowest BCUT2D eigenvalue weighted by molar-refractivity contribution is -0.396. The van der Waals surface area contributed by atoms with Crippen molar-refractivity contribution in [3.8, 4) is 0 Å². The van der Waals surface area contributed by atoms with Crippen LogP contribution in [0.1, 0.15) is 18.5 Å². The molecule has 0 bridgehead atoms. The lowest BCUT2D eigenvalue weighted by Crippen LogP contribution is -2.68. The van der Waals surface area contributed by atoms with Crippen LogP contribution in [0.5, 0.6) is 0 Å². The van der Waals surface area contributed by atoms with Gasteiger partial charge in [0.15, 0.2) is 37.7 Å². The molecular weight excluding hydrogens is 1090 g/mol. The third-order valence-corrected chi connectivity index (χ3v) is 14.4. The topological polar surface area (TPSA) is 526 Å². The van der Waals surface area contributed by atoms with Crippen molar-refractivity contribution < 1.29 is 158 Å². The van der Waals surface area contributed by atoms with E-state index in [0.29, 0.717) is 31.5 Å². The molecule has 6 fully saturated rings. The van der Waals surface area contributed by atoms with Gasteiger partial charge < -0.3 is 154 Å². The maximum absolute atomic E-state index is 12.5. The zero-order chi connectivity index (χ0) is 57.6. The molecule has 30 unspecified atom stereocenters. The highest BCUT2D eigenvalue weighted by atomic mass is 19.1. The van der Waals surface area contributed by atoms with E-state index in [4.69, 9.17) is 56.8 Å². The van der Waals surface area contributed by atoms with Gasteiger partial charge >= 0.3 is 0 Å². The fourth-order valence-corrected chi connectivity index (χ4v) is 9.88. The van der Waals surface area contributed by atoms with E-state index < -0.39 is 231 Å². The minimum absolute atomic E-state index is 0.0302. The summed E-state index contributed by atoms with van der Waals surface area (Å²) in [5.41, 5.74) is 0.599. The Balaban J connectivity index is 0.917. The van der Waals surface area contributed by atoms with Crippen molar-refractivity contribution in [1.29, 1.82) is 0 Å². The smallest absolute Gasteiger partial charge is 0.187 e. The summed E-state index contributed by atoms with van der Waals surface area (Å²) in [5.74, 6) is 0. The Morgan fingerprint density at radius 3 is 1.03 bits per heavy atom. The number of aliphatic hydroxyl groups is 19. The highest BCUT2D eigenvalue weighted by Crippen LogP contribution is 2.37. The molecule has 6 saturated heterocycles. The predicted octanol–water partition coefficient (Wildman–Crippen LogP) is -12.5. The number of hydrogen-bond donors (Lipinski definition) is 19. The maximum Gasteiger partial charge on any atom is 0.187 e. The molecule has 1 aromatic rings. The van der Waals surface area contributed by atoms with Crippen LogP contribution in [0.3, 0.4) is 0 Å². The number of rotatable bonds is 24. The molecule has 6 aliphatic rings. The first-order valence-electron chi connectivity index (χ1n) is 25.5. The Morgan fingerprint density at radius 1 is 0.392 bits per heavy atom. The summed E-state index contributed by atoms with van der Waals surface area (Å²) in [6, 6.07) is 0. The van der Waals surface area contributed by atoms with Gasteiger partial charge in [0.1, 0.15) is 146 Å². The molecule has 0 aromatic carbocycles. The first-order valence-corrected chi connectivity index (χ1v) is 25.5. The minimum atomic E-state index is -2.19. The molecule has 0 aliphatic carbocycles. The molecule has 0 radical (unpaired) electrons. The fourth-order valence-electron chi connectivity index (χ4n) is 9.88. The van der Waals surface area contributed by atoms with E-state index in [9.17, 15) is 101 Å². The van der Waals surface area contributed by atoms with E-state index in [-0.39, 0.29) is 6.61 Å². The lowest BCUT2D eigenvalue weighted by Gasteiger charge is -2.50. The number of nitrogens with zero attached hydrogens (tertiary/aromatic N) is 3. The average Bonchev–Trinajstić information content (AvgIpc) is 3.98. The summed E-state index contributed by atoms with van der Waals surface area (Å²) in [4.78, 5) is 0. The quantitative estimate of drug-likeness (QED) is 0.0427. The van der Waals surface area contributed by atoms with Crippen molar-refractivity contribution in [2.24, 2.45) is 0 Å². The van der Waals surface area contributed by atoms with Crippen molar-refractivity contribution in [1.82, 2.24) is 15.0 Å². The van der Waals surface area contributed by atoms with E-state index >= 15 is 0 Å². The van der Waals surface area contributed by atoms with Gasteiger partial charge in [0.2, 0.25) is 0 Å². The lowest BCUT2D eigenvalue weighted by atomic mass is 9.95. The molecule has 30 atom stereocenters. The predicted molar refractivity (Wildman–Crippen MR) is 242 cm³/mol. The number of halogens is 1. The zero-order valence-electron chi connectivity index (χ0n) is 42.0. The second kappa shape index (κ2) is 29.1. The first-order chi connectivity index (χ1) is 37.7. The van der Waals surface area contributed by atoms with E-state index in [0.717, 1.165) is 0 Å². The van der Waals surface area contributed by atoms with E-state index in [1.165, 1.54) is 4.68 Å². The summed E-state index contributed by atoms with van der Waals surface area (Å²) in [5, 5.41) is 211. The van der Waals surface area contributed by atoms with Crippen LogP contribution in [0.4, 0.5) is 4.39 Å². The highest BCUT2D eigenvalue weighted by Gasteiger charge is 2.57. The van der Waals surface area contributed by atoms with Gasteiger partial charge in [0.05, 0.1) is 58.6 Å². The number of aryl methyl sites for hydroxylation is 2. The van der Waals surface area contributed by atoms with E-state index in [2.05, 4.69) is 10.3 Å². The molecule has 458 valence electrons. The largest absolute Gasteiger partial charge is 0.394 e. The Labute approximate surface area is 447 Å². The molecule has 0 spiro atoms. The van der Waals surface area contributed by atoms with Gasteiger partial charge in [-0.3, -0.25) is 9.07 Å². The summed E-state index contributed by atoms with van der Waals surface area (Å²) in [6.45, 7) is -5.88. The Morgan fingerprint density at radius 2 is 0.696 bits per heavy atom. The van der Waals surface area contributed by atoms with Gasteiger partial charge in [-0.1, -0.05) is 5.21 Å². The summed E-state index contributed by atoms with van der Waals surface area (Å²) in [6.07, 6.45) is -53.4. The molecule has 0 amide bonds. The third-order valence-electron chi connectivity index (χ3n) is 14.4. The minimum Gasteiger partial charge on any atom is -0.394 e. The Bertz CT molecular complexity index is 1950. The highest BCUT2D eigenvalue weighted by molar-refractivity contribution is 5.00. The van der Waals surface area contributed by atoms with Crippen molar-refractivity contribution >= 4 is 0 Å². The molecule has 6 aliphatic heterocycles. The molecule has 35 heteroatoms. The Kier molecular flexibility index (Phi) is 23.7. The number of aliphatic hydroxyl groups excluding tert-OH is 19. The summed E-state index contributed by atoms with van der Waals surface area (Å²) in [7, 11) is 0. The van der Waals surface area contributed by atoms with Crippen LogP contribution in [0.2, 0.25) is 0 Å². The number of alkyl halides is 1. The van der Waals surface area contributed by atoms with Crippen LogP contribution in [-0.2, 0) is 69.8 Å². The molecule has 19 N–H and O–H groups in total. The van der Waals surface area contributed by atoms with E-state index in [1.54, 1.807) is 6.20 Å². The fraction of sp³-hybridized carbons (Fsp3) is 0.955. The molecule has 1 aromatic heterocycles. The first kappa shape index (κ1) is 64.4. The Hall–Kier alpha value is -2.17. The van der Waals surface area contributed by atoms with Crippen molar-refractivity contribution in [2.45, 2.75) is 210 Å². The SMILES string of the molecule is OCC1OC(OC2C(CO)OC(OC3C(CO)OC(OC4C(CO)OC(OC5C(CO)OC(OC6C(CO)OC(OCCCn7cc(CCCF)nn7)C(O)C6O)C(O)C5O)C(O)C4O)C(O)C3O)C(O)C2O)C(O)C(O)C1O. The normalized spacial score (nSPS) is 47.1. The zero-order valence-corrected chi connectivity index (χ0v) is 42.0. The molecule has 7 rings (SSSR count). The van der Waals surface area contributed by atoms with Gasteiger partial charge in [-0.15, -0.1) is 5.10 Å². The average molecular weight is 1160 g/mol. The number of ether oxygens (including phenoxy) is 12. The van der Waals surface area contributed by atoms with Crippen LogP contribution >= 0.6 is 0 Å². The van der Waals surface area contributed by atoms with Crippen LogP contribution in [0, 0.1) is 0 Å². The summed E-state index contributed by atoms with van der Waals surface area (Å²) >= 11 is 0. The van der Waals surface area contributed by atoms with E-state index in [1.807, 2.05) is 0 Å². The third kappa shape index (κ3) is 14.3. The number of aromatic nitrogens is 3. The van der Waals surface area contributed by atoms with Crippen LogP contribution < -0.4 is 0 Å². The van der Waals surface area contributed by atoms with Gasteiger partial charge in [-0.05, 0) is 19.3 Å². The molecule has 7 heterocycles. The van der Waals surface area contributed by atoms with Crippen LogP contribution in [0.15, 0.2) is 6.20 Å². The summed E-state index contributed by atoms with van der Waals surface area (Å²) < 4.78 is 81.5. The van der Waals surface area contributed by atoms with Gasteiger partial charge in [-0.25, -0.2) is 0 Å². The molecular formula is C44H74FN3O31. The van der Waals surface area contributed by atoms with Crippen molar-refractivity contribution in [3.05, 3.63) is 11.9 Å². The van der Waals surface area contributed by atoms with Gasteiger partial charge in [0, 0.05) is 12.7 Å². The van der Waals surface area contributed by atoms with Gasteiger partial charge in [0.25, 0.3) is 0 Å². The standard InChI is InChI=1S/C44H74FN3O31/c45-4-1-3-14-7-48(47-46-14)5-2-6-68-39-29(63)23(57)34(16(9-50)70-39)76-41-31(65)25(59)36(18(11-52)72-41)78-43-33(67)27(61)38(20(13-54)74-43)79-44-32(66)26(60)37(19(12-53)73-44)77-42-30(64)24(58)35(17(10-51)71-42)75-40-28(62)22(56)21(55)15(8-49)69-40/h7,15-44,49-67H,1-6,8-13H2. The maximum atomic E-state index is 12.5. The molecule has 34 nitrogen and oxygen atoms in total. The van der Waals surface area contributed by atoms with Crippen LogP contribution in [-0.4, -0.2) is 349 Å². The van der Waals surface area contributed by atoms with Crippen molar-refractivity contribution in [2.75, 3.05) is 52.9 Å². The molecule has 79 heavy (non-hydrogen) atoms. The molecule has 0 saturated carbocycles. The van der Waals surface area contributed by atoms with Crippen LogP contribution in [0.25, 0.3) is 0 Å². The second-order valence-corrected chi connectivity index (χ2v) is 19.7. The van der Waals surface area contributed by atoms with Crippen molar-refractivity contribution in [3.63, 3.8) is 0 Å².